The minimum absolute atomic E-state index is 0.0176. The van der Waals surface area contributed by atoms with Gasteiger partial charge in [-0.1, -0.05) is 11.6 Å². The number of hydrogen-bond acceptors (Lipinski definition) is 4. The lowest BCUT2D eigenvalue weighted by molar-refractivity contribution is -0.134. The summed E-state index contributed by atoms with van der Waals surface area (Å²) < 4.78 is 4.49. The molecule has 0 saturated carbocycles. The van der Waals surface area contributed by atoms with Gasteiger partial charge in [0.25, 0.3) is 0 Å². The van der Waals surface area contributed by atoms with Crippen LogP contribution in [0.4, 0.5) is 0 Å². The number of ether oxygens (including phenoxy) is 1. The SMILES string of the molecule is C=C(C)C[C@H](O)c1cc(C=CC(=O)OC)ccc1O. The third-order valence-electron chi connectivity index (χ3n) is 2.57. The number of methoxy groups -OCH3 is 1. The molecule has 1 rings (SSSR count). The number of aromatic hydroxyl groups is 1. The fraction of sp³-hybridized carbons (Fsp3) is 0.267. The zero-order valence-electron chi connectivity index (χ0n) is 11.1. The van der Waals surface area contributed by atoms with Gasteiger partial charge in [0.1, 0.15) is 5.75 Å². The first-order valence-electron chi connectivity index (χ1n) is 5.85. The van der Waals surface area contributed by atoms with Gasteiger partial charge in [0, 0.05) is 11.6 Å². The van der Waals surface area contributed by atoms with E-state index in [9.17, 15) is 15.0 Å². The lowest BCUT2D eigenvalue weighted by Crippen LogP contribution is -1.99. The van der Waals surface area contributed by atoms with E-state index in [0.29, 0.717) is 17.5 Å². The van der Waals surface area contributed by atoms with Gasteiger partial charge in [0.05, 0.1) is 13.2 Å². The molecular weight excluding hydrogens is 244 g/mol. The number of carbonyl (C=O) groups excluding carboxylic acids is 1. The molecule has 0 aromatic heterocycles. The van der Waals surface area contributed by atoms with Gasteiger partial charge in [-0.05, 0) is 37.1 Å². The van der Waals surface area contributed by atoms with Gasteiger partial charge < -0.3 is 14.9 Å². The third-order valence-corrected chi connectivity index (χ3v) is 2.57. The van der Waals surface area contributed by atoms with E-state index in [1.165, 1.54) is 19.3 Å². The minimum atomic E-state index is -0.816. The van der Waals surface area contributed by atoms with Crippen molar-refractivity contribution in [2.24, 2.45) is 0 Å². The van der Waals surface area contributed by atoms with Crippen molar-refractivity contribution >= 4 is 12.0 Å². The molecule has 19 heavy (non-hydrogen) atoms. The second kappa shape index (κ2) is 6.75. The van der Waals surface area contributed by atoms with E-state index in [2.05, 4.69) is 11.3 Å². The lowest BCUT2D eigenvalue weighted by Gasteiger charge is -2.13. The Labute approximate surface area is 112 Å². The minimum Gasteiger partial charge on any atom is -0.508 e. The van der Waals surface area contributed by atoms with Crippen LogP contribution >= 0.6 is 0 Å². The summed E-state index contributed by atoms with van der Waals surface area (Å²) in [7, 11) is 1.30. The summed E-state index contributed by atoms with van der Waals surface area (Å²) in [5, 5.41) is 19.7. The van der Waals surface area contributed by atoms with Gasteiger partial charge in [-0.3, -0.25) is 0 Å². The largest absolute Gasteiger partial charge is 0.508 e. The number of benzene rings is 1. The van der Waals surface area contributed by atoms with Gasteiger partial charge in [0.2, 0.25) is 0 Å². The van der Waals surface area contributed by atoms with Gasteiger partial charge >= 0.3 is 5.97 Å². The van der Waals surface area contributed by atoms with E-state index in [0.717, 1.165) is 5.57 Å². The van der Waals surface area contributed by atoms with Crippen LogP contribution in [0.1, 0.15) is 30.6 Å². The summed E-state index contributed by atoms with van der Waals surface area (Å²) in [6.07, 6.45) is 2.39. The quantitative estimate of drug-likeness (QED) is 0.486. The van der Waals surface area contributed by atoms with Crippen molar-refractivity contribution in [2.75, 3.05) is 7.11 Å². The van der Waals surface area contributed by atoms with Crippen molar-refractivity contribution < 1.29 is 19.7 Å². The monoisotopic (exact) mass is 262 g/mol. The summed E-state index contributed by atoms with van der Waals surface area (Å²) in [4.78, 5) is 11.0. The second-order valence-corrected chi connectivity index (χ2v) is 4.35. The first-order chi connectivity index (χ1) is 8.93. The highest BCUT2D eigenvalue weighted by molar-refractivity contribution is 5.87. The van der Waals surface area contributed by atoms with Crippen molar-refractivity contribution in [1.82, 2.24) is 0 Å². The maximum absolute atomic E-state index is 11.0. The highest BCUT2D eigenvalue weighted by Crippen LogP contribution is 2.29. The second-order valence-electron chi connectivity index (χ2n) is 4.35. The molecule has 0 amide bonds. The topological polar surface area (TPSA) is 66.8 Å². The van der Waals surface area contributed by atoms with Crippen molar-refractivity contribution in [3.8, 4) is 5.75 Å². The van der Waals surface area contributed by atoms with E-state index in [1.54, 1.807) is 25.1 Å². The fourth-order valence-corrected chi connectivity index (χ4v) is 1.62. The molecule has 0 bridgehead atoms. The molecule has 4 nitrogen and oxygen atoms in total. The van der Waals surface area contributed by atoms with Gasteiger partial charge in [-0.2, -0.15) is 0 Å². The number of hydrogen-bond donors (Lipinski definition) is 2. The van der Waals surface area contributed by atoms with Gasteiger partial charge in [-0.25, -0.2) is 4.79 Å². The highest BCUT2D eigenvalue weighted by atomic mass is 16.5. The molecule has 0 spiro atoms. The normalized spacial score (nSPS) is 12.4. The summed E-state index contributed by atoms with van der Waals surface area (Å²) in [5.41, 5.74) is 1.93. The maximum atomic E-state index is 11.0. The van der Waals surface area contributed by atoms with Crippen LogP contribution in [0.2, 0.25) is 0 Å². The average molecular weight is 262 g/mol. The van der Waals surface area contributed by atoms with E-state index < -0.39 is 12.1 Å². The maximum Gasteiger partial charge on any atom is 0.330 e. The van der Waals surface area contributed by atoms with Crippen molar-refractivity contribution in [3.63, 3.8) is 0 Å². The Bertz CT molecular complexity index is 503. The first kappa shape index (κ1) is 15.0. The van der Waals surface area contributed by atoms with Crippen LogP contribution < -0.4 is 0 Å². The molecule has 1 aromatic rings. The first-order valence-corrected chi connectivity index (χ1v) is 5.85. The number of phenolic OH excluding ortho intramolecular Hbond substituents is 1. The number of esters is 1. The molecule has 0 aliphatic rings. The van der Waals surface area contributed by atoms with Gasteiger partial charge in [-0.15, -0.1) is 6.58 Å². The molecule has 4 heteroatoms. The summed E-state index contributed by atoms with van der Waals surface area (Å²) in [6.45, 7) is 5.53. The predicted molar refractivity (Wildman–Crippen MR) is 73.5 cm³/mol. The molecule has 0 unspecified atom stereocenters. The molecule has 0 heterocycles. The summed E-state index contributed by atoms with van der Waals surface area (Å²) in [5.74, 6) is -0.443. The molecule has 1 aromatic carbocycles. The Morgan fingerprint density at radius 1 is 1.53 bits per heavy atom. The van der Waals surface area contributed by atoms with E-state index >= 15 is 0 Å². The molecular formula is C15H18O4. The van der Waals surface area contributed by atoms with E-state index in [4.69, 9.17) is 0 Å². The zero-order valence-corrected chi connectivity index (χ0v) is 11.1. The number of aliphatic hydroxyl groups excluding tert-OH is 1. The lowest BCUT2D eigenvalue weighted by atomic mass is 10.00. The predicted octanol–water partition coefficient (Wildman–Crippen LogP) is 2.58. The molecule has 0 saturated heterocycles. The van der Waals surface area contributed by atoms with Crippen LogP contribution in [0.3, 0.4) is 0 Å². The number of carbonyl (C=O) groups is 1. The van der Waals surface area contributed by atoms with Crippen LogP contribution in [0, 0.1) is 0 Å². The smallest absolute Gasteiger partial charge is 0.330 e. The number of aliphatic hydroxyl groups is 1. The number of phenols is 1. The molecule has 102 valence electrons. The average Bonchev–Trinajstić information content (AvgIpc) is 2.36. The molecule has 0 aliphatic heterocycles. The van der Waals surface area contributed by atoms with Gasteiger partial charge in [0.15, 0.2) is 0 Å². The van der Waals surface area contributed by atoms with Crippen LogP contribution in [-0.4, -0.2) is 23.3 Å². The zero-order chi connectivity index (χ0) is 14.4. The molecule has 0 aliphatic carbocycles. The van der Waals surface area contributed by atoms with Crippen LogP contribution in [-0.2, 0) is 9.53 Å². The van der Waals surface area contributed by atoms with E-state index in [1.807, 2.05) is 0 Å². The summed E-state index contributed by atoms with van der Waals surface area (Å²) in [6, 6.07) is 4.75. The van der Waals surface area contributed by atoms with E-state index in [-0.39, 0.29) is 5.75 Å². The highest BCUT2D eigenvalue weighted by Gasteiger charge is 2.12. The van der Waals surface area contributed by atoms with Crippen molar-refractivity contribution in [1.29, 1.82) is 0 Å². The molecule has 0 fully saturated rings. The fourth-order valence-electron chi connectivity index (χ4n) is 1.62. The third kappa shape index (κ3) is 4.60. The Balaban J connectivity index is 2.97. The Kier molecular flexibility index (Phi) is 5.33. The van der Waals surface area contributed by atoms with Crippen molar-refractivity contribution in [3.05, 3.63) is 47.6 Å². The molecule has 0 radical (unpaired) electrons. The standard InChI is InChI=1S/C15H18O4/c1-10(2)8-14(17)12-9-11(4-6-13(12)16)5-7-15(18)19-3/h4-7,9,14,16-17H,1,8H2,2-3H3/t14-/m0/s1. The van der Waals surface area contributed by atoms with Crippen LogP contribution in [0.25, 0.3) is 6.08 Å². The Morgan fingerprint density at radius 2 is 2.21 bits per heavy atom. The van der Waals surface area contributed by atoms with Crippen LogP contribution in [0.15, 0.2) is 36.4 Å². The Hall–Kier alpha value is -2.07. The van der Waals surface area contributed by atoms with Crippen molar-refractivity contribution in [2.45, 2.75) is 19.4 Å². The molecule has 1 atom stereocenters. The van der Waals surface area contributed by atoms with Crippen LogP contribution in [0.5, 0.6) is 5.75 Å². The number of rotatable bonds is 5. The summed E-state index contributed by atoms with van der Waals surface area (Å²) >= 11 is 0. The Morgan fingerprint density at radius 3 is 2.79 bits per heavy atom. The molecule has 2 N–H and O–H groups in total.